The van der Waals surface area contributed by atoms with Gasteiger partial charge in [0.05, 0.1) is 0 Å². The van der Waals surface area contributed by atoms with Crippen LogP contribution in [0.15, 0.2) is 164 Å². The summed E-state index contributed by atoms with van der Waals surface area (Å²) < 4.78 is 0. The van der Waals surface area contributed by atoms with Gasteiger partial charge in [-0.25, -0.2) is 0 Å². The van der Waals surface area contributed by atoms with Crippen molar-refractivity contribution in [3.05, 3.63) is 175 Å². The van der Waals surface area contributed by atoms with Crippen molar-refractivity contribution in [1.82, 2.24) is 0 Å². The Morgan fingerprint density at radius 3 is 1.84 bits per heavy atom. The lowest BCUT2D eigenvalue weighted by Crippen LogP contribution is -2.08. The number of hydrogen-bond donors (Lipinski definition) is 0. The summed E-state index contributed by atoms with van der Waals surface area (Å²) in [5.41, 5.74) is 8.32. The van der Waals surface area contributed by atoms with Gasteiger partial charge < -0.3 is 4.90 Å². The van der Waals surface area contributed by atoms with E-state index in [1.165, 1.54) is 27.8 Å². The minimum Gasteiger partial charge on any atom is -0.317 e. The van der Waals surface area contributed by atoms with Crippen molar-refractivity contribution in [3.8, 4) is 11.1 Å². The first kappa shape index (κ1) is 26.4. The third-order valence-electron chi connectivity index (χ3n) is 6.22. The Labute approximate surface area is 228 Å². The molecule has 188 valence electrons. The van der Waals surface area contributed by atoms with E-state index < -0.39 is 0 Å². The Hall–Kier alpha value is -4.62. The number of benzene rings is 4. The molecule has 0 amide bonds. The molecule has 0 N–H and O–H groups in total. The van der Waals surface area contributed by atoms with E-state index in [0.29, 0.717) is 0 Å². The van der Waals surface area contributed by atoms with Crippen LogP contribution in [0, 0.1) is 0 Å². The molecular formula is C37H35N. The van der Waals surface area contributed by atoms with Crippen LogP contribution in [0.25, 0.3) is 16.7 Å². The molecule has 0 bridgehead atoms. The van der Waals surface area contributed by atoms with E-state index in [1.807, 2.05) is 19.1 Å². The van der Waals surface area contributed by atoms with Gasteiger partial charge in [-0.1, -0.05) is 127 Å². The molecule has 38 heavy (non-hydrogen) atoms. The van der Waals surface area contributed by atoms with Crippen LogP contribution in [0.4, 0.5) is 11.4 Å². The van der Waals surface area contributed by atoms with Crippen molar-refractivity contribution in [3.63, 3.8) is 0 Å². The first-order valence-electron chi connectivity index (χ1n) is 13.2. The van der Waals surface area contributed by atoms with Gasteiger partial charge in [0.2, 0.25) is 0 Å². The number of hydrogen-bond acceptors (Lipinski definition) is 1. The summed E-state index contributed by atoms with van der Waals surface area (Å²) >= 11 is 0. The second kappa shape index (κ2) is 14.2. The number of rotatable bonds is 10. The Morgan fingerprint density at radius 1 is 0.605 bits per heavy atom. The van der Waals surface area contributed by atoms with E-state index in [4.69, 9.17) is 0 Å². The predicted octanol–water partition coefficient (Wildman–Crippen LogP) is 10.3. The monoisotopic (exact) mass is 493 g/mol. The second-order valence-corrected chi connectivity index (χ2v) is 8.94. The fourth-order valence-corrected chi connectivity index (χ4v) is 4.24. The minimum absolute atomic E-state index is 0.915. The third-order valence-corrected chi connectivity index (χ3v) is 6.22. The Balaban J connectivity index is 1.65. The summed E-state index contributed by atoms with van der Waals surface area (Å²) in [4.78, 5) is 2.24. The molecule has 4 aromatic rings. The lowest BCUT2D eigenvalue weighted by molar-refractivity contribution is 1.24. The Kier molecular flexibility index (Phi) is 9.88. The summed E-state index contributed by atoms with van der Waals surface area (Å²) in [5, 5.41) is 0. The first-order valence-corrected chi connectivity index (χ1v) is 13.2. The quantitative estimate of drug-likeness (QED) is 0.199. The van der Waals surface area contributed by atoms with Gasteiger partial charge >= 0.3 is 0 Å². The van der Waals surface area contributed by atoms with Crippen LogP contribution in [0.3, 0.4) is 0 Å². The molecule has 0 aliphatic carbocycles. The molecular weight excluding hydrogens is 458 g/mol. The van der Waals surface area contributed by atoms with Crippen molar-refractivity contribution in [2.75, 3.05) is 4.90 Å². The normalized spacial score (nSPS) is 12.3. The van der Waals surface area contributed by atoms with Crippen molar-refractivity contribution in [1.29, 1.82) is 0 Å². The molecule has 0 saturated heterocycles. The maximum Gasteiger partial charge on any atom is 0.0455 e. The molecule has 0 aromatic heterocycles. The smallest absolute Gasteiger partial charge is 0.0455 e. The molecule has 0 fully saturated rings. The highest BCUT2D eigenvalue weighted by molar-refractivity contribution is 5.76. The zero-order valence-corrected chi connectivity index (χ0v) is 22.2. The van der Waals surface area contributed by atoms with Crippen LogP contribution in [0.5, 0.6) is 0 Å². The molecule has 0 spiro atoms. The summed E-state index contributed by atoms with van der Waals surface area (Å²) in [7, 11) is 0. The minimum atomic E-state index is 0.915. The molecule has 0 aliphatic heterocycles. The molecule has 0 unspecified atom stereocenters. The van der Waals surface area contributed by atoms with Crippen molar-refractivity contribution >= 4 is 16.9 Å². The van der Waals surface area contributed by atoms with Crippen molar-refractivity contribution in [2.24, 2.45) is 0 Å². The van der Waals surface area contributed by atoms with E-state index in [9.17, 15) is 0 Å². The summed E-state index contributed by atoms with van der Waals surface area (Å²) in [5.74, 6) is 0. The average molecular weight is 494 g/mol. The molecule has 0 saturated carbocycles. The fraction of sp³-hybridized carbons (Fsp3) is 0.0811. The highest BCUT2D eigenvalue weighted by Gasteiger charge is 2.07. The molecule has 0 heterocycles. The van der Waals surface area contributed by atoms with Gasteiger partial charge in [-0.3, -0.25) is 0 Å². The van der Waals surface area contributed by atoms with Crippen LogP contribution >= 0.6 is 0 Å². The Bertz CT molecular complexity index is 1400. The van der Waals surface area contributed by atoms with Gasteiger partial charge in [-0.2, -0.15) is 0 Å². The van der Waals surface area contributed by atoms with Crippen molar-refractivity contribution < 1.29 is 0 Å². The summed E-state index contributed by atoms with van der Waals surface area (Å²) in [6.07, 6.45) is 20.0. The molecule has 0 aliphatic rings. The summed E-state index contributed by atoms with van der Waals surface area (Å²) in [6, 6.07) is 38.6. The maximum absolute atomic E-state index is 2.24. The van der Waals surface area contributed by atoms with E-state index in [-0.39, 0.29) is 0 Å². The fourth-order valence-electron chi connectivity index (χ4n) is 4.24. The topological polar surface area (TPSA) is 3.24 Å². The van der Waals surface area contributed by atoms with Crippen LogP contribution in [0.1, 0.15) is 25.0 Å². The van der Waals surface area contributed by atoms with Crippen LogP contribution in [-0.4, -0.2) is 0 Å². The van der Waals surface area contributed by atoms with Gasteiger partial charge in [0.1, 0.15) is 0 Å². The lowest BCUT2D eigenvalue weighted by Gasteiger charge is -2.21. The average Bonchev–Trinajstić information content (AvgIpc) is 2.98. The number of anilines is 2. The van der Waals surface area contributed by atoms with Gasteiger partial charge in [-0.15, -0.1) is 0 Å². The van der Waals surface area contributed by atoms with E-state index >= 15 is 0 Å². The highest BCUT2D eigenvalue weighted by Crippen LogP contribution is 2.29. The second-order valence-electron chi connectivity index (χ2n) is 8.94. The molecule has 4 aromatic carbocycles. The number of allylic oxidation sites excluding steroid dienone is 9. The SMILES string of the molecule is C/C=C\C=C/Cc1ccc(N(/C=C/C=C(\C=C/C)c2ccccc2)c2ccc(-c3ccccc3)cc2)cc1. The standard InChI is InChI=1S/C37H35N/c1-3-5-6-9-16-31-22-26-36(27-23-31)38(30-14-21-32(15-4-2)33-17-10-7-11-18-33)37-28-24-35(25-29-37)34-19-12-8-13-20-34/h3-15,17-30H,16H2,1-2H3/b5-3-,9-6-,15-4-,30-14+,32-21+. The maximum atomic E-state index is 2.24. The molecule has 1 nitrogen and oxygen atoms in total. The molecule has 0 atom stereocenters. The highest BCUT2D eigenvalue weighted by atomic mass is 15.1. The van der Waals surface area contributed by atoms with E-state index in [2.05, 4.69) is 164 Å². The van der Waals surface area contributed by atoms with Gasteiger partial charge in [0.15, 0.2) is 0 Å². The van der Waals surface area contributed by atoms with Gasteiger partial charge in [-0.05, 0) is 78.4 Å². The first-order chi connectivity index (χ1) is 18.8. The number of nitrogens with zero attached hydrogens (tertiary/aromatic N) is 1. The van der Waals surface area contributed by atoms with Crippen LogP contribution in [0.2, 0.25) is 0 Å². The van der Waals surface area contributed by atoms with Crippen LogP contribution < -0.4 is 4.90 Å². The van der Waals surface area contributed by atoms with Crippen molar-refractivity contribution in [2.45, 2.75) is 20.3 Å². The van der Waals surface area contributed by atoms with Gasteiger partial charge in [0.25, 0.3) is 0 Å². The zero-order chi connectivity index (χ0) is 26.4. The van der Waals surface area contributed by atoms with E-state index in [0.717, 1.165) is 17.8 Å². The predicted molar refractivity (Wildman–Crippen MR) is 166 cm³/mol. The molecule has 1 heteroatoms. The Morgan fingerprint density at radius 2 is 1.21 bits per heavy atom. The lowest BCUT2D eigenvalue weighted by atomic mass is 10.0. The molecule has 4 rings (SSSR count). The molecule has 0 radical (unpaired) electrons. The zero-order valence-electron chi connectivity index (χ0n) is 22.2. The third kappa shape index (κ3) is 7.44. The van der Waals surface area contributed by atoms with E-state index in [1.54, 1.807) is 0 Å². The van der Waals surface area contributed by atoms with Gasteiger partial charge in [0, 0.05) is 17.6 Å². The largest absolute Gasteiger partial charge is 0.317 e. The van der Waals surface area contributed by atoms with Crippen LogP contribution in [-0.2, 0) is 6.42 Å². The summed E-state index contributed by atoms with van der Waals surface area (Å²) in [6.45, 7) is 4.08.